The van der Waals surface area contributed by atoms with Crippen LogP contribution in [-0.2, 0) is 14.4 Å². The van der Waals surface area contributed by atoms with E-state index in [9.17, 15) is 14.4 Å². The Morgan fingerprint density at radius 1 is 0.875 bits per heavy atom. The summed E-state index contributed by atoms with van der Waals surface area (Å²) in [6.45, 7) is 1.96. The van der Waals surface area contributed by atoms with Gasteiger partial charge in [0.05, 0.1) is 28.3 Å². The second kappa shape index (κ2) is 6.27. The van der Waals surface area contributed by atoms with Crippen molar-refractivity contribution in [2.24, 2.45) is 0 Å². The molecule has 1 saturated heterocycles. The van der Waals surface area contributed by atoms with Gasteiger partial charge in [0.1, 0.15) is 0 Å². The fourth-order valence-electron chi connectivity index (χ4n) is 4.52. The van der Waals surface area contributed by atoms with Crippen molar-refractivity contribution in [1.82, 2.24) is 4.98 Å². The lowest BCUT2D eigenvalue weighted by molar-refractivity contribution is -0.132. The second-order valence-electron chi connectivity index (χ2n) is 7.92. The smallest absolute Gasteiger partial charge is 0.301 e. The monoisotopic (exact) mass is 423 g/mol. The van der Waals surface area contributed by atoms with Crippen LogP contribution in [0.3, 0.4) is 0 Å². The minimum absolute atomic E-state index is 0.0383. The van der Waals surface area contributed by atoms with Crippen molar-refractivity contribution in [3.05, 3.63) is 83.6 Å². The summed E-state index contributed by atoms with van der Waals surface area (Å²) in [7, 11) is 0. The zero-order chi connectivity index (χ0) is 22.0. The SMILES string of the molecule is Cc1ccc(C2=C3C(=O)C(=O)N4c5ccccc5NC(=O)C34Nc3cccnc3N2)cc1. The van der Waals surface area contributed by atoms with E-state index in [1.807, 2.05) is 31.2 Å². The van der Waals surface area contributed by atoms with Crippen molar-refractivity contribution in [3.63, 3.8) is 0 Å². The lowest BCUT2D eigenvalue weighted by Crippen LogP contribution is -2.63. The first-order valence-corrected chi connectivity index (χ1v) is 10.1. The summed E-state index contributed by atoms with van der Waals surface area (Å²) in [5.41, 5.74) is 1.76. The Morgan fingerprint density at radius 2 is 1.62 bits per heavy atom. The van der Waals surface area contributed by atoms with Crippen LogP contribution in [0.1, 0.15) is 11.1 Å². The van der Waals surface area contributed by atoms with Gasteiger partial charge in [-0.15, -0.1) is 0 Å². The zero-order valence-corrected chi connectivity index (χ0v) is 17.0. The molecule has 0 saturated carbocycles. The summed E-state index contributed by atoms with van der Waals surface area (Å²) in [4.78, 5) is 46.2. The van der Waals surface area contributed by atoms with E-state index in [1.165, 1.54) is 4.90 Å². The predicted molar refractivity (Wildman–Crippen MR) is 120 cm³/mol. The number of Topliss-reactive ketones (excluding diaryl/α,β-unsaturated/α-hetero) is 1. The number of rotatable bonds is 1. The van der Waals surface area contributed by atoms with Crippen molar-refractivity contribution >= 4 is 46.2 Å². The van der Waals surface area contributed by atoms with E-state index in [0.717, 1.165) is 5.56 Å². The topological polar surface area (TPSA) is 103 Å². The number of amides is 2. The third kappa shape index (κ3) is 2.26. The average molecular weight is 423 g/mol. The number of pyridine rings is 1. The molecule has 0 radical (unpaired) electrons. The molecular weight excluding hydrogens is 406 g/mol. The first kappa shape index (κ1) is 18.3. The van der Waals surface area contributed by atoms with Gasteiger partial charge in [-0.2, -0.15) is 0 Å². The van der Waals surface area contributed by atoms with Gasteiger partial charge in [0.15, 0.2) is 5.82 Å². The molecule has 3 aliphatic rings. The highest BCUT2D eigenvalue weighted by Gasteiger charge is 2.65. The number of nitrogens with zero attached hydrogens (tertiary/aromatic N) is 2. The Kier molecular flexibility index (Phi) is 3.59. The molecule has 3 aromatic rings. The van der Waals surface area contributed by atoms with E-state index in [2.05, 4.69) is 20.9 Å². The first-order valence-electron chi connectivity index (χ1n) is 10.1. The molecule has 1 aromatic heterocycles. The molecule has 4 heterocycles. The number of fused-ring (bicyclic) bond motifs is 3. The van der Waals surface area contributed by atoms with Gasteiger partial charge in [0.2, 0.25) is 5.66 Å². The molecule has 1 fully saturated rings. The summed E-state index contributed by atoms with van der Waals surface area (Å²) >= 11 is 0. The van der Waals surface area contributed by atoms with Crippen LogP contribution in [0.25, 0.3) is 5.70 Å². The number of aryl methyl sites for hydroxylation is 1. The maximum absolute atomic E-state index is 13.7. The normalized spacial score (nSPS) is 20.9. The van der Waals surface area contributed by atoms with E-state index < -0.39 is 23.3 Å². The number of nitrogens with one attached hydrogen (secondary N) is 3. The van der Waals surface area contributed by atoms with Crippen LogP contribution in [0.2, 0.25) is 0 Å². The van der Waals surface area contributed by atoms with Crippen molar-refractivity contribution < 1.29 is 14.4 Å². The maximum atomic E-state index is 13.7. The van der Waals surface area contributed by atoms with Crippen LogP contribution >= 0.6 is 0 Å². The van der Waals surface area contributed by atoms with Gasteiger partial charge in [-0.05, 0) is 36.8 Å². The van der Waals surface area contributed by atoms with Crippen LogP contribution in [0, 0.1) is 6.92 Å². The molecule has 1 atom stereocenters. The van der Waals surface area contributed by atoms with Crippen molar-refractivity contribution in [2.45, 2.75) is 12.6 Å². The third-order valence-corrected chi connectivity index (χ3v) is 6.00. The minimum Gasteiger partial charge on any atom is -0.348 e. The molecule has 6 rings (SSSR count). The first-order chi connectivity index (χ1) is 15.5. The lowest BCUT2D eigenvalue weighted by Gasteiger charge is -2.41. The number of ketones is 1. The summed E-state index contributed by atoms with van der Waals surface area (Å²) in [6.07, 6.45) is 1.62. The largest absolute Gasteiger partial charge is 0.348 e. The summed E-state index contributed by atoms with van der Waals surface area (Å²) < 4.78 is 0. The number of hydrogen-bond acceptors (Lipinski definition) is 6. The average Bonchev–Trinajstić information content (AvgIpc) is 2.92. The zero-order valence-electron chi connectivity index (χ0n) is 17.0. The number of carbonyl (C=O) groups is 3. The number of carbonyl (C=O) groups excluding carboxylic acids is 3. The Labute approximate surface area is 183 Å². The van der Waals surface area contributed by atoms with Gasteiger partial charge < -0.3 is 16.0 Å². The van der Waals surface area contributed by atoms with E-state index in [1.54, 1.807) is 42.6 Å². The molecule has 1 unspecified atom stereocenters. The van der Waals surface area contributed by atoms with Crippen LogP contribution in [0.5, 0.6) is 0 Å². The Hall–Kier alpha value is -4.46. The van der Waals surface area contributed by atoms with Crippen molar-refractivity contribution in [3.8, 4) is 0 Å². The predicted octanol–water partition coefficient (Wildman–Crippen LogP) is 2.90. The summed E-state index contributed by atoms with van der Waals surface area (Å²) in [6, 6.07) is 17.9. The quantitative estimate of drug-likeness (QED) is 0.520. The lowest BCUT2D eigenvalue weighted by atomic mass is 9.91. The van der Waals surface area contributed by atoms with Crippen molar-refractivity contribution in [2.75, 3.05) is 20.9 Å². The Balaban J connectivity index is 1.71. The second-order valence-corrected chi connectivity index (χ2v) is 7.92. The number of aromatic nitrogens is 1. The van der Waals surface area contributed by atoms with Crippen LogP contribution in [-0.4, -0.2) is 28.2 Å². The molecule has 0 aliphatic carbocycles. The maximum Gasteiger partial charge on any atom is 0.301 e. The molecular formula is C24H17N5O3. The van der Waals surface area contributed by atoms with Crippen LogP contribution < -0.4 is 20.9 Å². The minimum atomic E-state index is -1.76. The molecule has 32 heavy (non-hydrogen) atoms. The van der Waals surface area contributed by atoms with Crippen LogP contribution in [0.15, 0.2) is 72.4 Å². The van der Waals surface area contributed by atoms with Gasteiger partial charge >= 0.3 is 5.91 Å². The van der Waals surface area contributed by atoms with Gasteiger partial charge in [-0.1, -0.05) is 42.0 Å². The molecule has 3 aliphatic heterocycles. The standard InChI is InChI=1S/C24H17N5O3/c1-13-8-10-14(11-9-13)19-18-20(30)22(31)29-17-7-3-2-5-15(17)26-23(32)24(18,29)28-16-6-4-12-25-21(16)27-19/h2-12,28H,1H3,(H,25,27)(H,26,32). The van der Waals surface area contributed by atoms with Gasteiger partial charge in [0.25, 0.3) is 11.7 Å². The fraction of sp³-hybridized carbons (Fsp3) is 0.0833. The number of benzene rings is 2. The number of hydrogen-bond donors (Lipinski definition) is 3. The van der Waals surface area contributed by atoms with E-state index in [4.69, 9.17) is 0 Å². The molecule has 2 amide bonds. The third-order valence-electron chi connectivity index (χ3n) is 6.00. The van der Waals surface area contributed by atoms with Crippen LogP contribution in [0.4, 0.5) is 22.9 Å². The Bertz CT molecular complexity index is 1380. The van der Waals surface area contributed by atoms with E-state index in [0.29, 0.717) is 34.1 Å². The fourth-order valence-corrected chi connectivity index (χ4v) is 4.52. The van der Waals surface area contributed by atoms with Gasteiger partial charge in [-0.25, -0.2) is 4.98 Å². The summed E-state index contributed by atoms with van der Waals surface area (Å²) in [5, 5.41) is 9.28. The number of para-hydroxylation sites is 2. The molecule has 1 spiro atoms. The highest BCUT2D eigenvalue weighted by atomic mass is 16.2. The van der Waals surface area contributed by atoms with Gasteiger partial charge in [0, 0.05) is 6.20 Å². The molecule has 8 nitrogen and oxygen atoms in total. The van der Waals surface area contributed by atoms with Crippen molar-refractivity contribution in [1.29, 1.82) is 0 Å². The molecule has 0 bridgehead atoms. The van der Waals surface area contributed by atoms with E-state index in [-0.39, 0.29) is 5.57 Å². The Morgan fingerprint density at radius 3 is 2.44 bits per heavy atom. The molecule has 2 aromatic carbocycles. The highest BCUT2D eigenvalue weighted by Crippen LogP contribution is 2.49. The summed E-state index contributed by atoms with van der Waals surface area (Å²) in [5.74, 6) is -1.59. The van der Waals surface area contributed by atoms with Gasteiger partial charge in [-0.3, -0.25) is 19.3 Å². The molecule has 8 heteroatoms. The molecule has 156 valence electrons. The molecule has 3 N–H and O–H groups in total. The highest BCUT2D eigenvalue weighted by molar-refractivity contribution is 6.56. The van der Waals surface area contributed by atoms with E-state index >= 15 is 0 Å². The number of anilines is 4.